The van der Waals surface area contributed by atoms with Gasteiger partial charge in [0.05, 0.1) is 6.61 Å². The van der Waals surface area contributed by atoms with Crippen molar-refractivity contribution >= 4 is 16.6 Å². The van der Waals surface area contributed by atoms with E-state index in [4.69, 9.17) is 15.5 Å². The van der Waals surface area contributed by atoms with E-state index in [1.807, 2.05) is 53.1 Å². The Morgan fingerprint density at radius 3 is 2.70 bits per heavy atom. The van der Waals surface area contributed by atoms with E-state index in [1.54, 1.807) is 0 Å². The lowest BCUT2D eigenvalue weighted by Crippen LogP contribution is -2.17. The van der Waals surface area contributed by atoms with Crippen molar-refractivity contribution in [2.45, 2.75) is 27.3 Å². The zero-order valence-electron chi connectivity index (χ0n) is 15.8. The van der Waals surface area contributed by atoms with Crippen molar-refractivity contribution in [1.29, 1.82) is 0 Å². The molecule has 0 unspecified atom stereocenters. The van der Waals surface area contributed by atoms with Gasteiger partial charge in [-0.2, -0.15) is 0 Å². The smallest absolute Gasteiger partial charge is 0.187 e. The van der Waals surface area contributed by atoms with Crippen LogP contribution >= 0.6 is 0 Å². The van der Waals surface area contributed by atoms with Crippen LogP contribution in [0.25, 0.3) is 28.1 Å². The molecule has 0 spiro atoms. The average molecular weight is 361 g/mol. The summed E-state index contributed by atoms with van der Waals surface area (Å²) < 4.78 is 7.98. The van der Waals surface area contributed by atoms with Crippen LogP contribution in [0.2, 0.25) is 0 Å². The first-order valence-corrected chi connectivity index (χ1v) is 9.01. The molecular formula is C21H23N5O. The monoisotopic (exact) mass is 361 g/mol. The minimum absolute atomic E-state index is 0.0731. The van der Waals surface area contributed by atoms with Gasteiger partial charge in [-0.25, -0.2) is 4.98 Å². The van der Waals surface area contributed by atoms with Crippen molar-refractivity contribution in [1.82, 2.24) is 19.6 Å². The normalized spacial score (nSPS) is 12.0. The molecule has 4 aromatic rings. The molecule has 2 N–H and O–H groups in total. The molecule has 0 aliphatic rings. The van der Waals surface area contributed by atoms with E-state index < -0.39 is 0 Å². The summed E-state index contributed by atoms with van der Waals surface area (Å²) in [6.45, 7) is 7.54. The fraction of sp³-hybridized carbons (Fsp3) is 0.286. The third kappa shape index (κ3) is 3.48. The molecule has 27 heavy (non-hydrogen) atoms. The molecule has 0 bridgehead atoms. The highest BCUT2D eigenvalue weighted by Gasteiger charge is 2.15. The number of para-hydroxylation sites is 1. The third-order valence-electron chi connectivity index (χ3n) is 4.28. The molecule has 3 heterocycles. The topological polar surface area (TPSA) is 78.3 Å². The van der Waals surface area contributed by atoms with Gasteiger partial charge in [-0.05, 0) is 35.2 Å². The summed E-state index contributed by atoms with van der Waals surface area (Å²) in [5.41, 5.74) is 9.14. The summed E-state index contributed by atoms with van der Waals surface area (Å²) in [7, 11) is 0. The second kappa shape index (κ2) is 6.63. The Kier molecular flexibility index (Phi) is 4.28. The molecule has 0 radical (unpaired) electrons. The Hall–Kier alpha value is -2.99. The summed E-state index contributed by atoms with van der Waals surface area (Å²) in [6.07, 6.45) is 1.93. The predicted molar refractivity (Wildman–Crippen MR) is 107 cm³/mol. The van der Waals surface area contributed by atoms with E-state index in [0.29, 0.717) is 19.0 Å². The number of hydrogen-bond acceptors (Lipinski definition) is 5. The van der Waals surface area contributed by atoms with Crippen molar-refractivity contribution in [3.63, 3.8) is 0 Å². The number of ether oxygens (including phenoxy) is 1. The van der Waals surface area contributed by atoms with Crippen LogP contribution in [0.4, 0.5) is 0 Å². The van der Waals surface area contributed by atoms with Crippen molar-refractivity contribution in [2.24, 2.45) is 11.1 Å². The lowest BCUT2D eigenvalue weighted by molar-refractivity contribution is 0.199. The number of aromatic nitrogens is 4. The van der Waals surface area contributed by atoms with Crippen LogP contribution in [-0.2, 0) is 6.54 Å². The molecule has 6 heteroatoms. The number of nitrogens with zero attached hydrogens (tertiary/aromatic N) is 4. The predicted octanol–water partition coefficient (Wildman–Crippen LogP) is 3.83. The highest BCUT2D eigenvalue weighted by Crippen LogP contribution is 2.28. The SMILES string of the molecule is CC(C)(C)COc1cccc2ccc(-c3nnc4cc(CN)ccn34)nc12. The maximum absolute atomic E-state index is 6.05. The number of fused-ring (bicyclic) bond motifs is 2. The molecule has 0 aliphatic carbocycles. The summed E-state index contributed by atoms with van der Waals surface area (Å²) in [5.74, 6) is 1.48. The Labute approximate surface area is 158 Å². The van der Waals surface area contributed by atoms with E-state index in [2.05, 4.69) is 31.0 Å². The van der Waals surface area contributed by atoms with Crippen LogP contribution < -0.4 is 10.5 Å². The van der Waals surface area contributed by atoms with E-state index in [-0.39, 0.29) is 5.41 Å². The molecule has 4 rings (SSSR count). The second-order valence-electron chi connectivity index (χ2n) is 7.86. The number of nitrogens with two attached hydrogens (primary N) is 1. The van der Waals surface area contributed by atoms with Crippen molar-refractivity contribution < 1.29 is 4.74 Å². The summed E-state index contributed by atoms with van der Waals surface area (Å²) in [6, 6.07) is 13.9. The van der Waals surface area contributed by atoms with Crippen LogP contribution in [0.5, 0.6) is 5.75 Å². The highest BCUT2D eigenvalue weighted by atomic mass is 16.5. The van der Waals surface area contributed by atoms with Gasteiger partial charge in [0.25, 0.3) is 0 Å². The van der Waals surface area contributed by atoms with Gasteiger partial charge >= 0.3 is 0 Å². The average Bonchev–Trinajstić information content (AvgIpc) is 3.08. The van der Waals surface area contributed by atoms with Gasteiger partial charge < -0.3 is 10.5 Å². The fourth-order valence-corrected chi connectivity index (χ4v) is 2.89. The zero-order chi connectivity index (χ0) is 19.0. The number of rotatable bonds is 4. The molecule has 0 fully saturated rings. The molecular weight excluding hydrogens is 338 g/mol. The Morgan fingerprint density at radius 1 is 1.07 bits per heavy atom. The van der Waals surface area contributed by atoms with Gasteiger partial charge in [0.15, 0.2) is 11.5 Å². The van der Waals surface area contributed by atoms with Crippen LogP contribution in [0.1, 0.15) is 26.3 Å². The first kappa shape index (κ1) is 17.4. The van der Waals surface area contributed by atoms with Gasteiger partial charge in [-0.1, -0.05) is 39.0 Å². The summed E-state index contributed by atoms with van der Waals surface area (Å²) >= 11 is 0. The van der Waals surface area contributed by atoms with Crippen molar-refractivity contribution in [3.8, 4) is 17.3 Å². The van der Waals surface area contributed by atoms with Gasteiger partial charge in [-0.3, -0.25) is 4.40 Å². The molecule has 0 amide bonds. The lowest BCUT2D eigenvalue weighted by Gasteiger charge is -2.19. The highest BCUT2D eigenvalue weighted by molar-refractivity contribution is 5.86. The third-order valence-corrected chi connectivity index (χ3v) is 4.28. The van der Waals surface area contributed by atoms with Crippen LogP contribution in [0, 0.1) is 5.41 Å². The van der Waals surface area contributed by atoms with Gasteiger partial charge in [0, 0.05) is 18.1 Å². The minimum atomic E-state index is 0.0731. The standard InChI is InChI=1S/C21H23N5O/c1-21(2,3)13-27-17-6-4-5-15-7-8-16(23-19(15)17)20-25-24-18-11-14(12-22)9-10-26(18)20/h4-11H,12-13,22H2,1-3H3. The molecule has 1 aromatic carbocycles. The van der Waals surface area contributed by atoms with Gasteiger partial charge in [-0.15, -0.1) is 10.2 Å². The van der Waals surface area contributed by atoms with Crippen LogP contribution in [0.3, 0.4) is 0 Å². The van der Waals surface area contributed by atoms with Gasteiger partial charge in [0.2, 0.25) is 0 Å². The second-order valence-corrected chi connectivity index (χ2v) is 7.86. The number of pyridine rings is 2. The largest absolute Gasteiger partial charge is 0.491 e. The van der Waals surface area contributed by atoms with E-state index >= 15 is 0 Å². The van der Waals surface area contributed by atoms with Gasteiger partial charge in [0.1, 0.15) is 17.0 Å². The Bertz CT molecular complexity index is 1110. The van der Waals surface area contributed by atoms with Crippen LogP contribution in [-0.4, -0.2) is 26.2 Å². The molecule has 138 valence electrons. The quantitative estimate of drug-likeness (QED) is 0.598. The van der Waals surface area contributed by atoms with E-state index in [9.17, 15) is 0 Å². The maximum atomic E-state index is 6.05. The van der Waals surface area contributed by atoms with Crippen molar-refractivity contribution in [3.05, 3.63) is 54.2 Å². The first-order valence-electron chi connectivity index (χ1n) is 9.01. The molecule has 0 aliphatic heterocycles. The molecule has 0 saturated carbocycles. The number of benzene rings is 1. The Morgan fingerprint density at radius 2 is 1.93 bits per heavy atom. The lowest BCUT2D eigenvalue weighted by atomic mass is 9.99. The van der Waals surface area contributed by atoms with E-state index in [0.717, 1.165) is 33.6 Å². The summed E-state index contributed by atoms with van der Waals surface area (Å²) in [4.78, 5) is 4.84. The minimum Gasteiger partial charge on any atom is -0.491 e. The molecule has 0 saturated heterocycles. The molecule has 6 nitrogen and oxygen atoms in total. The maximum Gasteiger partial charge on any atom is 0.187 e. The van der Waals surface area contributed by atoms with Crippen LogP contribution in [0.15, 0.2) is 48.7 Å². The van der Waals surface area contributed by atoms with Crippen molar-refractivity contribution in [2.75, 3.05) is 6.61 Å². The zero-order valence-corrected chi connectivity index (χ0v) is 15.8. The first-order chi connectivity index (χ1) is 12.9. The Balaban J connectivity index is 1.79. The summed E-state index contributed by atoms with van der Waals surface area (Å²) in [5, 5.41) is 9.62. The number of hydrogen-bond donors (Lipinski definition) is 1. The molecule has 0 atom stereocenters. The fourth-order valence-electron chi connectivity index (χ4n) is 2.89. The van der Waals surface area contributed by atoms with E-state index in [1.165, 1.54) is 0 Å². The molecule has 3 aromatic heterocycles.